The molecule has 45 heavy (non-hydrogen) atoms. The minimum Gasteiger partial charge on any atom is -0.339 e. The predicted octanol–water partition coefficient (Wildman–Crippen LogP) is 4.32. The first-order valence-electron chi connectivity index (χ1n) is 15.8. The number of rotatable bonds is 13. The molecule has 0 aromatic heterocycles. The SMILES string of the molecule is CCN1C(=N)N(CC(=O)Nc2ccc(NC(=O)CN3C[C@H](Cc4ccccc4)N(CC)C3=N)cc2)C[C@@H]1CCc1ccccc1. The molecule has 10 heteroatoms. The van der Waals surface area contributed by atoms with Crippen molar-refractivity contribution in [2.24, 2.45) is 0 Å². The third-order valence-electron chi connectivity index (χ3n) is 8.61. The Hall–Kier alpha value is -4.86. The number of amides is 2. The quantitative estimate of drug-likeness (QED) is 0.230. The van der Waals surface area contributed by atoms with Gasteiger partial charge in [0.25, 0.3) is 0 Å². The lowest BCUT2D eigenvalue weighted by Gasteiger charge is -2.23. The number of nitrogens with zero attached hydrogens (tertiary/aromatic N) is 4. The van der Waals surface area contributed by atoms with Crippen molar-refractivity contribution in [2.75, 3.05) is 49.9 Å². The monoisotopic (exact) mass is 608 g/mol. The molecular formula is C35H44N8O2. The second kappa shape index (κ2) is 14.7. The van der Waals surface area contributed by atoms with Gasteiger partial charge in [0.2, 0.25) is 11.8 Å². The molecule has 0 saturated carbocycles. The number of hydrogen-bond acceptors (Lipinski definition) is 4. The molecule has 2 atom stereocenters. The fraction of sp³-hybridized carbons (Fsp3) is 0.371. The fourth-order valence-electron chi connectivity index (χ4n) is 6.35. The summed E-state index contributed by atoms with van der Waals surface area (Å²) in [5, 5.41) is 23.1. The van der Waals surface area contributed by atoms with Crippen LogP contribution in [0, 0.1) is 10.8 Å². The molecule has 4 N–H and O–H groups in total. The average Bonchev–Trinajstić information content (AvgIpc) is 3.50. The lowest BCUT2D eigenvalue weighted by molar-refractivity contribution is -0.117. The zero-order chi connectivity index (χ0) is 31.8. The van der Waals surface area contributed by atoms with Crippen LogP contribution in [0.2, 0.25) is 0 Å². The summed E-state index contributed by atoms with van der Waals surface area (Å²) in [7, 11) is 0. The molecule has 2 fully saturated rings. The fourth-order valence-corrected chi connectivity index (χ4v) is 6.35. The van der Waals surface area contributed by atoms with Crippen LogP contribution < -0.4 is 10.6 Å². The summed E-state index contributed by atoms with van der Waals surface area (Å²) in [5.41, 5.74) is 3.75. The largest absolute Gasteiger partial charge is 0.339 e. The zero-order valence-electron chi connectivity index (χ0n) is 26.2. The van der Waals surface area contributed by atoms with Crippen molar-refractivity contribution in [1.82, 2.24) is 19.6 Å². The van der Waals surface area contributed by atoms with Gasteiger partial charge in [0, 0.05) is 43.6 Å². The van der Waals surface area contributed by atoms with Crippen molar-refractivity contribution in [2.45, 2.75) is 45.2 Å². The third kappa shape index (κ3) is 8.00. The number of likely N-dealkylation sites (N-methyl/N-ethyl adjacent to an activating group) is 2. The summed E-state index contributed by atoms with van der Waals surface area (Å²) in [6.07, 6.45) is 2.69. The average molecular weight is 609 g/mol. The highest BCUT2D eigenvalue weighted by Crippen LogP contribution is 2.22. The van der Waals surface area contributed by atoms with E-state index in [1.807, 2.05) is 64.9 Å². The molecule has 0 spiro atoms. The highest BCUT2D eigenvalue weighted by Gasteiger charge is 2.35. The normalized spacial score (nSPS) is 18.1. The van der Waals surface area contributed by atoms with E-state index >= 15 is 0 Å². The van der Waals surface area contributed by atoms with Crippen LogP contribution in [0.4, 0.5) is 11.4 Å². The van der Waals surface area contributed by atoms with E-state index in [0.717, 1.165) is 25.8 Å². The van der Waals surface area contributed by atoms with Crippen LogP contribution >= 0.6 is 0 Å². The maximum absolute atomic E-state index is 12.9. The van der Waals surface area contributed by atoms with Gasteiger partial charge in [-0.05, 0) is 68.5 Å². The Labute approximate surface area is 266 Å². The van der Waals surface area contributed by atoms with Crippen molar-refractivity contribution in [3.05, 3.63) is 96.1 Å². The highest BCUT2D eigenvalue weighted by atomic mass is 16.2. The Kier molecular flexibility index (Phi) is 10.3. The number of benzene rings is 3. The molecule has 0 unspecified atom stereocenters. The molecule has 3 aromatic rings. The van der Waals surface area contributed by atoms with Gasteiger partial charge in [-0.15, -0.1) is 0 Å². The van der Waals surface area contributed by atoms with Crippen molar-refractivity contribution in [3.63, 3.8) is 0 Å². The van der Waals surface area contributed by atoms with E-state index in [4.69, 9.17) is 10.8 Å². The zero-order valence-corrected chi connectivity index (χ0v) is 26.2. The Bertz CT molecular complexity index is 1460. The summed E-state index contributed by atoms with van der Waals surface area (Å²) in [4.78, 5) is 33.6. The van der Waals surface area contributed by atoms with Crippen LogP contribution in [0.15, 0.2) is 84.9 Å². The van der Waals surface area contributed by atoms with E-state index in [-0.39, 0.29) is 37.0 Å². The summed E-state index contributed by atoms with van der Waals surface area (Å²) in [6, 6.07) is 28.0. The maximum atomic E-state index is 12.9. The first kappa shape index (κ1) is 31.6. The highest BCUT2D eigenvalue weighted by molar-refractivity contribution is 5.97. The molecule has 2 aliphatic heterocycles. The molecule has 2 aliphatic rings. The number of nitrogens with one attached hydrogen (secondary N) is 4. The van der Waals surface area contributed by atoms with Crippen LogP contribution in [0.25, 0.3) is 0 Å². The van der Waals surface area contributed by atoms with Crippen molar-refractivity contribution in [3.8, 4) is 0 Å². The molecule has 2 saturated heterocycles. The molecule has 236 valence electrons. The van der Waals surface area contributed by atoms with Crippen LogP contribution in [0.5, 0.6) is 0 Å². The molecule has 2 amide bonds. The molecule has 0 aliphatic carbocycles. The van der Waals surface area contributed by atoms with Gasteiger partial charge in [-0.2, -0.15) is 0 Å². The molecule has 3 aromatic carbocycles. The Balaban J connectivity index is 1.08. The number of anilines is 2. The molecular weight excluding hydrogens is 564 g/mol. The molecule has 10 nitrogen and oxygen atoms in total. The number of carbonyl (C=O) groups excluding carboxylic acids is 2. The van der Waals surface area contributed by atoms with Crippen LogP contribution in [0.3, 0.4) is 0 Å². The van der Waals surface area contributed by atoms with E-state index < -0.39 is 0 Å². The standard InChI is InChI=1S/C35H44N8O2/c1-3-42-30(20-15-26-11-7-5-8-12-26)22-40(34(42)36)24-32(44)38-28-16-18-29(19-17-28)39-33(45)25-41-23-31(43(4-2)35(41)37)21-27-13-9-6-10-14-27/h5-14,16-19,30-31,36-37H,3-4,15,20-25H2,1-2H3,(H,38,44)(H,39,45)/t30-,31-/m0/s1. The van der Waals surface area contributed by atoms with E-state index in [1.54, 1.807) is 24.3 Å². The third-order valence-corrected chi connectivity index (χ3v) is 8.61. The second-order valence-corrected chi connectivity index (χ2v) is 11.7. The van der Waals surface area contributed by atoms with Gasteiger partial charge in [-0.3, -0.25) is 20.4 Å². The van der Waals surface area contributed by atoms with Gasteiger partial charge in [-0.1, -0.05) is 60.7 Å². The number of aryl methyl sites for hydroxylation is 1. The Morgan fingerprint density at radius 2 is 1.11 bits per heavy atom. The van der Waals surface area contributed by atoms with E-state index in [0.29, 0.717) is 42.9 Å². The van der Waals surface area contributed by atoms with Crippen LogP contribution in [0.1, 0.15) is 31.4 Å². The second-order valence-electron chi connectivity index (χ2n) is 11.7. The number of hydrogen-bond donors (Lipinski definition) is 4. The number of guanidine groups is 2. The first-order valence-corrected chi connectivity index (χ1v) is 15.8. The van der Waals surface area contributed by atoms with Crippen molar-refractivity contribution in [1.29, 1.82) is 10.8 Å². The smallest absolute Gasteiger partial charge is 0.244 e. The predicted molar refractivity (Wildman–Crippen MR) is 180 cm³/mol. The van der Waals surface area contributed by atoms with Gasteiger partial charge in [0.05, 0.1) is 6.04 Å². The Morgan fingerprint density at radius 3 is 1.60 bits per heavy atom. The van der Waals surface area contributed by atoms with E-state index in [1.165, 1.54) is 11.1 Å². The minimum absolute atomic E-state index is 0.0992. The Morgan fingerprint density at radius 1 is 0.667 bits per heavy atom. The maximum Gasteiger partial charge on any atom is 0.244 e. The van der Waals surface area contributed by atoms with E-state index in [2.05, 4.69) is 39.8 Å². The van der Waals surface area contributed by atoms with E-state index in [9.17, 15) is 9.59 Å². The number of carbonyl (C=O) groups is 2. The molecule has 5 rings (SSSR count). The first-order chi connectivity index (χ1) is 21.8. The molecule has 0 bridgehead atoms. The van der Waals surface area contributed by atoms with Gasteiger partial charge in [0.1, 0.15) is 13.1 Å². The minimum atomic E-state index is -0.192. The van der Waals surface area contributed by atoms with Gasteiger partial charge in [0.15, 0.2) is 11.9 Å². The molecule has 2 heterocycles. The van der Waals surface area contributed by atoms with Crippen molar-refractivity contribution >= 4 is 35.1 Å². The lowest BCUT2D eigenvalue weighted by atomic mass is 10.0. The van der Waals surface area contributed by atoms with Crippen LogP contribution in [-0.2, 0) is 22.4 Å². The molecule has 0 radical (unpaired) electrons. The van der Waals surface area contributed by atoms with Crippen LogP contribution in [-0.4, -0.2) is 94.7 Å². The van der Waals surface area contributed by atoms with Gasteiger partial charge >= 0.3 is 0 Å². The summed E-state index contributed by atoms with van der Waals surface area (Å²) >= 11 is 0. The summed E-state index contributed by atoms with van der Waals surface area (Å²) < 4.78 is 0. The summed E-state index contributed by atoms with van der Waals surface area (Å²) in [6.45, 7) is 7.01. The van der Waals surface area contributed by atoms with Crippen molar-refractivity contribution < 1.29 is 9.59 Å². The topological polar surface area (TPSA) is 119 Å². The lowest BCUT2D eigenvalue weighted by Crippen LogP contribution is -2.38. The van der Waals surface area contributed by atoms with Gasteiger partial charge < -0.3 is 30.2 Å². The summed E-state index contributed by atoms with van der Waals surface area (Å²) in [5.74, 6) is 0.391. The van der Waals surface area contributed by atoms with Gasteiger partial charge in [-0.25, -0.2) is 0 Å².